The molecule has 6 heteroatoms. The lowest BCUT2D eigenvalue weighted by Crippen LogP contribution is -2.12. The van der Waals surface area contributed by atoms with Crippen LogP contribution in [0.3, 0.4) is 0 Å². The second kappa shape index (κ2) is 3.34. The highest BCUT2D eigenvalue weighted by molar-refractivity contribution is 5.93. The average molecular weight is 187 g/mol. The van der Waals surface area contributed by atoms with Crippen LogP contribution in [-0.4, -0.2) is 10.9 Å². The lowest BCUT2D eigenvalue weighted by molar-refractivity contribution is 0.0999. The lowest BCUT2D eigenvalue weighted by Gasteiger charge is -2.02. The molecule has 0 aliphatic rings. The summed E-state index contributed by atoms with van der Waals surface area (Å²) in [6, 6.07) is 2.07. The normalized spacial score (nSPS) is 10.4. The van der Waals surface area contributed by atoms with E-state index in [-0.39, 0.29) is 11.4 Å². The van der Waals surface area contributed by atoms with Gasteiger partial charge in [-0.15, -0.1) is 0 Å². The van der Waals surface area contributed by atoms with Crippen LogP contribution < -0.4 is 11.5 Å². The van der Waals surface area contributed by atoms with Crippen molar-refractivity contribution in [3.63, 3.8) is 0 Å². The number of hydrogen-bond acceptors (Lipinski definition) is 3. The minimum atomic E-state index is -2.76. The first-order chi connectivity index (χ1) is 6.00. The molecule has 4 nitrogen and oxygen atoms in total. The van der Waals surface area contributed by atoms with E-state index < -0.39 is 18.0 Å². The number of anilines is 1. The third-order valence-corrected chi connectivity index (χ3v) is 1.37. The number of primary amides is 1. The van der Waals surface area contributed by atoms with Gasteiger partial charge in [0, 0.05) is 5.56 Å². The van der Waals surface area contributed by atoms with Gasteiger partial charge in [0.05, 0.1) is 0 Å². The quantitative estimate of drug-likeness (QED) is 0.714. The molecule has 0 aliphatic heterocycles. The fourth-order valence-corrected chi connectivity index (χ4v) is 0.828. The molecule has 0 atom stereocenters. The minimum Gasteiger partial charge on any atom is -0.384 e. The molecule has 0 bridgehead atoms. The number of hydrogen-bond donors (Lipinski definition) is 2. The van der Waals surface area contributed by atoms with Crippen LogP contribution in [0.1, 0.15) is 22.5 Å². The maximum Gasteiger partial charge on any atom is 0.280 e. The summed E-state index contributed by atoms with van der Waals surface area (Å²) in [5, 5.41) is 0. The van der Waals surface area contributed by atoms with E-state index >= 15 is 0 Å². The van der Waals surface area contributed by atoms with Crippen molar-refractivity contribution in [1.29, 1.82) is 0 Å². The summed E-state index contributed by atoms with van der Waals surface area (Å²) in [7, 11) is 0. The van der Waals surface area contributed by atoms with Crippen LogP contribution in [0.15, 0.2) is 12.1 Å². The van der Waals surface area contributed by atoms with E-state index in [0.29, 0.717) is 0 Å². The smallest absolute Gasteiger partial charge is 0.280 e. The number of nitrogens with two attached hydrogens (primary N) is 2. The number of carbonyl (C=O) groups excluding carboxylic acids is 1. The van der Waals surface area contributed by atoms with Crippen LogP contribution in [0.5, 0.6) is 0 Å². The number of nitrogens with zero attached hydrogens (tertiary/aromatic N) is 1. The molecule has 70 valence electrons. The molecular formula is C7H7F2N3O. The van der Waals surface area contributed by atoms with Crippen molar-refractivity contribution in [3.8, 4) is 0 Å². The van der Waals surface area contributed by atoms with Gasteiger partial charge in [0.15, 0.2) is 0 Å². The molecule has 4 N–H and O–H groups in total. The zero-order valence-corrected chi connectivity index (χ0v) is 6.50. The molecule has 13 heavy (non-hydrogen) atoms. The van der Waals surface area contributed by atoms with E-state index in [4.69, 9.17) is 11.5 Å². The topological polar surface area (TPSA) is 82.0 Å². The Morgan fingerprint density at radius 1 is 1.46 bits per heavy atom. The van der Waals surface area contributed by atoms with Crippen LogP contribution in [-0.2, 0) is 0 Å². The molecular weight excluding hydrogens is 180 g/mol. The fraction of sp³-hybridized carbons (Fsp3) is 0.143. The molecule has 0 spiro atoms. The standard InChI is InChI=1S/C7H7F2N3O/c8-6(9)4-1-3(7(11)13)2-5(10)12-4/h1-2,6H,(H2,10,12)(H2,11,13). The van der Waals surface area contributed by atoms with Gasteiger partial charge in [-0.2, -0.15) is 0 Å². The van der Waals surface area contributed by atoms with Crippen LogP contribution in [0.2, 0.25) is 0 Å². The van der Waals surface area contributed by atoms with Gasteiger partial charge in [-0.1, -0.05) is 0 Å². The van der Waals surface area contributed by atoms with Gasteiger partial charge in [-0.3, -0.25) is 4.79 Å². The summed E-state index contributed by atoms with van der Waals surface area (Å²) in [5.74, 6) is -0.956. The summed E-state index contributed by atoms with van der Waals surface area (Å²) < 4.78 is 24.2. The molecule has 0 aromatic carbocycles. The lowest BCUT2D eigenvalue weighted by atomic mass is 10.2. The molecule has 1 aromatic rings. The van der Waals surface area contributed by atoms with E-state index in [2.05, 4.69) is 4.98 Å². The van der Waals surface area contributed by atoms with Crippen molar-refractivity contribution >= 4 is 11.7 Å². The molecule has 0 aliphatic carbocycles. The Labute approximate surface area is 72.6 Å². The molecule has 1 rings (SSSR count). The Morgan fingerprint density at radius 2 is 2.08 bits per heavy atom. The van der Waals surface area contributed by atoms with Crippen LogP contribution in [0.4, 0.5) is 14.6 Å². The Bertz CT molecular complexity index is 341. The van der Waals surface area contributed by atoms with Gasteiger partial charge in [0.25, 0.3) is 6.43 Å². The summed E-state index contributed by atoms with van der Waals surface area (Å²) >= 11 is 0. The summed E-state index contributed by atoms with van der Waals surface area (Å²) in [5.41, 5.74) is 9.45. The van der Waals surface area contributed by atoms with E-state index in [1.807, 2.05) is 0 Å². The van der Waals surface area contributed by atoms with E-state index in [1.54, 1.807) is 0 Å². The fourth-order valence-electron chi connectivity index (χ4n) is 0.828. The first kappa shape index (κ1) is 9.37. The van der Waals surface area contributed by atoms with E-state index in [0.717, 1.165) is 12.1 Å². The van der Waals surface area contributed by atoms with Crippen molar-refractivity contribution in [3.05, 3.63) is 23.4 Å². The highest BCUT2D eigenvalue weighted by atomic mass is 19.3. The third-order valence-electron chi connectivity index (χ3n) is 1.37. The van der Waals surface area contributed by atoms with Gasteiger partial charge in [0.2, 0.25) is 5.91 Å². The Morgan fingerprint density at radius 3 is 2.54 bits per heavy atom. The molecule has 1 aromatic heterocycles. The van der Waals surface area contributed by atoms with Gasteiger partial charge in [-0.05, 0) is 12.1 Å². The van der Waals surface area contributed by atoms with Crippen molar-refractivity contribution in [2.45, 2.75) is 6.43 Å². The molecule has 1 amide bonds. The molecule has 1 heterocycles. The van der Waals surface area contributed by atoms with Crippen molar-refractivity contribution in [2.75, 3.05) is 5.73 Å². The van der Waals surface area contributed by atoms with Gasteiger partial charge in [0.1, 0.15) is 11.5 Å². The highest BCUT2D eigenvalue weighted by Crippen LogP contribution is 2.18. The SMILES string of the molecule is NC(=O)c1cc(N)nc(C(F)F)c1. The predicted octanol–water partition coefficient (Wildman–Crippen LogP) is 0.700. The number of rotatable bonds is 2. The molecule has 0 saturated heterocycles. The Hall–Kier alpha value is -1.72. The first-order valence-electron chi connectivity index (χ1n) is 3.36. The van der Waals surface area contributed by atoms with Crippen molar-refractivity contribution < 1.29 is 13.6 Å². The zero-order chi connectivity index (χ0) is 10.0. The van der Waals surface area contributed by atoms with Gasteiger partial charge >= 0.3 is 0 Å². The van der Waals surface area contributed by atoms with Crippen LogP contribution in [0.25, 0.3) is 0 Å². The number of amides is 1. The Kier molecular flexibility index (Phi) is 2.41. The second-order valence-electron chi connectivity index (χ2n) is 2.37. The number of pyridine rings is 1. The van der Waals surface area contributed by atoms with Gasteiger partial charge < -0.3 is 11.5 Å². The van der Waals surface area contributed by atoms with E-state index in [9.17, 15) is 13.6 Å². The number of carbonyl (C=O) groups is 1. The Balaban J connectivity index is 3.19. The zero-order valence-electron chi connectivity index (χ0n) is 6.50. The van der Waals surface area contributed by atoms with Crippen molar-refractivity contribution in [1.82, 2.24) is 4.98 Å². The summed E-state index contributed by atoms with van der Waals surface area (Å²) in [4.78, 5) is 14.0. The van der Waals surface area contributed by atoms with Crippen molar-refractivity contribution in [2.24, 2.45) is 5.73 Å². The monoisotopic (exact) mass is 187 g/mol. The molecule has 0 saturated carbocycles. The first-order valence-corrected chi connectivity index (χ1v) is 3.36. The average Bonchev–Trinajstić information content (AvgIpc) is 2.03. The molecule has 0 radical (unpaired) electrons. The number of nitrogen functional groups attached to an aromatic ring is 1. The highest BCUT2D eigenvalue weighted by Gasteiger charge is 2.12. The largest absolute Gasteiger partial charge is 0.384 e. The number of aromatic nitrogens is 1. The summed E-state index contributed by atoms with van der Waals surface area (Å²) in [6.45, 7) is 0. The number of halogens is 2. The predicted molar refractivity (Wildman–Crippen MR) is 42.1 cm³/mol. The number of alkyl halides is 2. The maximum atomic E-state index is 12.1. The van der Waals surface area contributed by atoms with Gasteiger partial charge in [-0.25, -0.2) is 13.8 Å². The summed E-state index contributed by atoms with van der Waals surface area (Å²) in [6.07, 6.45) is -2.76. The van der Waals surface area contributed by atoms with Crippen LogP contribution in [0, 0.1) is 0 Å². The maximum absolute atomic E-state index is 12.1. The molecule has 0 fully saturated rings. The minimum absolute atomic E-state index is 0.0669. The van der Waals surface area contributed by atoms with E-state index in [1.165, 1.54) is 0 Å². The third kappa shape index (κ3) is 2.11. The van der Waals surface area contributed by atoms with Crippen LogP contribution >= 0.6 is 0 Å². The molecule has 0 unspecified atom stereocenters. The second-order valence-corrected chi connectivity index (χ2v) is 2.37.